The Bertz CT molecular complexity index is 1550. The van der Waals surface area contributed by atoms with E-state index >= 15 is 0 Å². The minimum absolute atomic E-state index is 0.648. The molecule has 0 spiro atoms. The summed E-state index contributed by atoms with van der Waals surface area (Å²) in [6.45, 7) is 0. The van der Waals surface area contributed by atoms with E-state index in [4.69, 9.17) is 28.4 Å². The Hall–Kier alpha value is -5.64. The van der Waals surface area contributed by atoms with Crippen molar-refractivity contribution in [3.63, 3.8) is 0 Å². The van der Waals surface area contributed by atoms with E-state index in [1.54, 1.807) is 42.7 Å². The van der Waals surface area contributed by atoms with Gasteiger partial charge in [0.25, 0.3) is 0 Å². The van der Waals surface area contributed by atoms with Gasteiger partial charge in [-0.25, -0.2) is 0 Å². The molecule has 42 heavy (non-hydrogen) atoms. The fourth-order valence-corrected chi connectivity index (χ4v) is 4.00. The van der Waals surface area contributed by atoms with E-state index in [0.717, 1.165) is 16.7 Å². The van der Waals surface area contributed by atoms with E-state index < -0.39 is 0 Å². The summed E-state index contributed by atoms with van der Waals surface area (Å²) < 4.78 is 32.6. The number of ether oxygens (including phenoxy) is 6. The first-order chi connectivity index (χ1) is 20.5. The van der Waals surface area contributed by atoms with Crippen molar-refractivity contribution in [2.24, 2.45) is 0 Å². The highest BCUT2D eigenvalue weighted by Crippen LogP contribution is 2.25. The molecule has 4 rings (SSSR count). The first-order valence-corrected chi connectivity index (χ1v) is 12.9. The monoisotopic (exact) mass is 558 g/mol. The molecule has 0 radical (unpaired) electrons. The Labute approximate surface area is 247 Å². The first-order valence-electron chi connectivity index (χ1n) is 12.9. The number of rotatable bonds is 6. The highest BCUT2D eigenvalue weighted by atomic mass is 16.5. The Morgan fingerprint density at radius 1 is 0.333 bits per heavy atom. The van der Waals surface area contributed by atoms with Crippen molar-refractivity contribution in [2.75, 3.05) is 42.7 Å². The molecule has 0 aromatic heterocycles. The molecule has 0 aliphatic heterocycles. The van der Waals surface area contributed by atoms with Crippen molar-refractivity contribution < 1.29 is 28.4 Å². The van der Waals surface area contributed by atoms with E-state index in [1.165, 1.54) is 0 Å². The molecule has 6 nitrogen and oxygen atoms in total. The molecule has 4 aromatic carbocycles. The summed E-state index contributed by atoms with van der Waals surface area (Å²) in [6.07, 6.45) is 0. The minimum atomic E-state index is 0.648. The van der Waals surface area contributed by atoms with Crippen LogP contribution in [0, 0.1) is 35.5 Å². The van der Waals surface area contributed by atoms with E-state index in [2.05, 4.69) is 35.5 Å². The highest BCUT2D eigenvalue weighted by molar-refractivity contribution is 5.59. The topological polar surface area (TPSA) is 55.4 Å². The third-order valence-corrected chi connectivity index (χ3v) is 6.18. The Morgan fingerprint density at radius 2 is 0.619 bits per heavy atom. The van der Waals surface area contributed by atoms with Gasteiger partial charge in [-0.2, -0.15) is 0 Å². The third-order valence-electron chi connectivity index (χ3n) is 6.18. The van der Waals surface area contributed by atoms with Gasteiger partial charge in [-0.05, 0) is 72.8 Å². The van der Waals surface area contributed by atoms with Crippen LogP contribution >= 0.6 is 0 Å². The molecule has 6 heteroatoms. The van der Waals surface area contributed by atoms with Crippen molar-refractivity contribution >= 4 is 0 Å². The second-order valence-electron chi connectivity index (χ2n) is 8.75. The van der Waals surface area contributed by atoms with Crippen LogP contribution in [0.1, 0.15) is 33.4 Å². The lowest BCUT2D eigenvalue weighted by molar-refractivity contribution is 0.402. The van der Waals surface area contributed by atoms with Gasteiger partial charge in [-0.3, -0.25) is 0 Å². The molecule has 0 amide bonds. The number of methoxy groups -OCH3 is 6. The smallest absolute Gasteiger partial charge is 0.134 e. The summed E-state index contributed by atoms with van der Waals surface area (Å²) in [5.74, 6) is 23.3. The standard InChI is InChI=1S/C36H30O6/c1-37-31-13-16-34(40-4)28(22-31)10-7-25-19-26(8-11-29-23-32(38-2)14-17-35(29)41-5)21-27(20-25)9-12-30-24-33(39-3)15-18-36(30)42-6/h13-24H,1-6H3. The number of benzene rings is 4. The van der Waals surface area contributed by atoms with Crippen LogP contribution in [0.15, 0.2) is 72.8 Å². The summed E-state index contributed by atoms with van der Waals surface area (Å²) >= 11 is 0. The molecule has 0 heterocycles. The molecule has 0 aliphatic carbocycles. The SMILES string of the molecule is COc1ccc(OC)c(C#Cc2cc(C#Cc3cc(OC)ccc3OC)cc(C#Cc3cc(OC)ccc3OC)c2)c1. The van der Waals surface area contributed by atoms with Gasteiger partial charge in [0.15, 0.2) is 0 Å². The molecule has 0 fully saturated rings. The van der Waals surface area contributed by atoms with Gasteiger partial charge in [0.1, 0.15) is 34.5 Å². The Kier molecular flexibility index (Phi) is 9.87. The summed E-state index contributed by atoms with van der Waals surface area (Å²) in [5, 5.41) is 0. The molecule has 0 aliphatic rings. The maximum Gasteiger partial charge on any atom is 0.134 e. The summed E-state index contributed by atoms with van der Waals surface area (Å²) in [4.78, 5) is 0. The second kappa shape index (κ2) is 14.1. The molecule has 210 valence electrons. The van der Waals surface area contributed by atoms with Gasteiger partial charge in [-0.1, -0.05) is 35.5 Å². The zero-order valence-corrected chi connectivity index (χ0v) is 24.4. The molecule has 0 saturated carbocycles. The fourth-order valence-electron chi connectivity index (χ4n) is 4.00. The molecular weight excluding hydrogens is 528 g/mol. The zero-order valence-electron chi connectivity index (χ0n) is 24.4. The Balaban J connectivity index is 1.83. The van der Waals surface area contributed by atoms with Crippen LogP contribution in [-0.4, -0.2) is 42.7 Å². The molecular formula is C36H30O6. The fraction of sp³-hybridized carbons (Fsp3) is 0.167. The van der Waals surface area contributed by atoms with Gasteiger partial charge in [0.05, 0.1) is 59.3 Å². The van der Waals surface area contributed by atoms with Crippen LogP contribution in [0.5, 0.6) is 34.5 Å². The molecule has 0 N–H and O–H groups in total. The summed E-state index contributed by atoms with van der Waals surface area (Å²) in [7, 11) is 9.66. The highest BCUT2D eigenvalue weighted by Gasteiger charge is 2.06. The summed E-state index contributed by atoms with van der Waals surface area (Å²) in [6, 6.07) is 22.2. The maximum atomic E-state index is 5.49. The van der Waals surface area contributed by atoms with Crippen LogP contribution < -0.4 is 28.4 Å². The molecule has 4 aromatic rings. The molecule has 0 unspecified atom stereocenters. The molecule has 0 saturated heterocycles. The average Bonchev–Trinajstić information content (AvgIpc) is 3.04. The lowest BCUT2D eigenvalue weighted by Gasteiger charge is -2.06. The van der Waals surface area contributed by atoms with E-state index in [1.807, 2.05) is 72.8 Å². The van der Waals surface area contributed by atoms with Gasteiger partial charge in [0.2, 0.25) is 0 Å². The minimum Gasteiger partial charge on any atom is -0.497 e. The largest absolute Gasteiger partial charge is 0.497 e. The third kappa shape index (κ3) is 7.30. The van der Waals surface area contributed by atoms with Crippen molar-refractivity contribution in [3.05, 3.63) is 106 Å². The second-order valence-corrected chi connectivity index (χ2v) is 8.75. The number of hydrogen-bond acceptors (Lipinski definition) is 6. The average molecular weight is 559 g/mol. The van der Waals surface area contributed by atoms with Crippen molar-refractivity contribution in [2.45, 2.75) is 0 Å². The van der Waals surface area contributed by atoms with Crippen LogP contribution in [0.3, 0.4) is 0 Å². The van der Waals surface area contributed by atoms with Gasteiger partial charge >= 0.3 is 0 Å². The van der Waals surface area contributed by atoms with Crippen LogP contribution in [0.25, 0.3) is 0 Å². The molecule has 0 atom stereocenters. The maximum absolute atomic E-state index is 5.49. The van der Waals surface area contributed by atoms with Gasteiger partial charge < -0.3 is 28.4 Å². The van der Waals surface area contributed by atoms with E-state index in [9.17, 15) is 0 Å². The zero-order chi connectivity index (χ0) is 29.9. The van der Waals surface area contributed by atoms with Crippen molar-refractivity contribution in [3.8, 4) is 70.0 Å². The van der Waals surface area contributed by atoms with Gasteiger partial charge in [-0.15, -0.1) is 0 Å². The van der Waals surface area contributed by atoms with Crippen LogP contribution in [0.2, 0.25) is 0 Å². The van der Waals surface area contributed by atoms with Crippen LogP contribution in [-0.2, 0) is 0 Å². The van der Waals surface area contributed by atoms with E-state index in [0.29, 0.717) is 51.2 Å². The van der Waals surface area contributed by atoms with Crippen LogP contribution in [0.4, 0.5) is 0 Å². The van der Waals surface area contributed by atoms with Crippen molar-refractivity contribution in [1.29, 1.82) is 0 Å². The normalized spacial score (nSPS) is 9.57. The summed E-state index contributed by atoms with van der Waals surface area (Å²) in [5.41, 5.74) is 4.28. The van der Waals surface area contributed by atoms with E-state index in [-0.39, 0.29) is 0 Å². The first kappa shape index (κ1) is 29.3. The number of hydrogen-bond donors (Lipinski definition) is 0. The quantitative estimate of drug-likeness (QED) is 0.273. The lowest BCUT2D eigenvalue weighted by Crippen LogP contribution is -1.91. The van der Waals surface area contributed by atoms with Crippen molar-refractivity contribution in [1.82, 2.24) is 0 Å². The Morgan fingerprint density at radius 3 is 0.857 bits per heavy atom. The predicted octanol–water partition coefficient (Wildman–Crippen LogP) is 5.94. The van der Waals surface area contributed by atoms with Gasteiger partial charge in [0, 0.05) is 16.7 Å². The lowest BCUT2D eigenvalue weighted by atomic mass is 10.0. The predicted molar refractivity (Wildman–Crippen MR) is 163 cm³/mol. The molecule has 0 bridgehead atoms.